The number of amides is 1. The van der Waals surface area contributed by atoms with E-state index in [1.807, 2.05) is 25.1 Å². The third-order valence-corrected chi connectivity index (χ3v) is 6.41. The average Bonchev–Trinajstić information content (AvgIpc) is 3.45. The van der Waals surface area contributed by atoms with Gasteiger partial charge in [-0.1, -0.05) is 28.6 Å². The summed E-state index contributed by atoms with van der Waals surface area (Å²) in [6.45, 7) is 2.45. The smallest absolute Gasteiger partial charge is 0.262 e. The number of nitrogens with two attached hydrogens (primary N) is 1. The number of carbonyl (C=O) groups excluding carboxylic acids is 1. The van der Waals surface area contributed by atoms with Gasteiger partial charge in [0.2, 0.25) is 5.60 Å². The third-order valence-electron chi connectivity index (χ3n) is 5.41. The van der Waals surface area contributed by atoms with Crippen molar-refractivity contribution in [3.63, 3.8) is 0 Å². The van der Waals surface area contributed by atoms with Crippen LogP contribution in [0.1, 0.15) is 17.7 Å². The highest BCUT2D eigenvalue weighted by Gasteiger charge is 2.48. The fraction of sp³-hybridized carbons (Fsp3) is 0.250. The molecule has 1 amide bonds. The van der Waals surface area contributed by atoms with E-state index < -0.39 is 5.60 Å². The van der Waals surface area contributed by atoms with E-state index in [1.54, 1.807) is 13.1 Å². The topological polar surface area (TPSA) is 131 Å². The van der Waals surface area contributed by atoms with Crippen LogP contribution in [0.2, 0.25) is 0 Å². The van der Waals surface area contributed by atoms with Crippen LogP contribution >= 0.6 is 11.3 Å². The van der Waals surface area contributed by atoms with E-state index in [1.165, 1.54) is 22.6 Å². The van der Waals surface area contributed by atoms with E-state index >= 15 is 0 Å². The molecule has 0 bridgehead atoms. The Bertz CT molecular complexity index is 1300. The first kappa shape index (κ1) is 18.6. The van der Waals surface area contributed by atoms with Gasteiger partial charge in [-0.3, -0.25) is 4.79 Å². The first-order valence-electron chi connectivity index (χ1n) is 9.30. The molecule has 1 aliphatic heterocycles. The van der Waals surface area contributed by atoms with Crippen molar-refractivity contribution in [1.29, 1.82) is 0 Å². The minimum absolute atomic E-state index is 0.150. The molecule has 3 N–H and O–H groups in total. The Morgan fingerprint density at radius 2 is 2.13 bits per heavy atom. The molecule has 9 nitrogen and oxygen atoms in total. The highest BCUT2D eigenvalue weighted by atomic mass is 32.1. The molecule has 1 aromatic carbocycles. The Balaban J connectivity index is 1.55. The summed E-state index contributed by atoms with van der Waals surface area (Å²) in [4.78, 5) is 27.4. The van der Waals surface area contributed by atoms with Crippen molar-refractivity contribution >= 4 is 33.4 Å². The molecular weight excluding hydrogens is 404 g/mol. The molecule has 152 valence electrons. The number of nitrogen functional groups attached to an aromatic ring is 1. The normalized spacial score (nSPS) is 19.2. The Labute approximate surface area is 175 Å². The summed E-state index contributed by atoms with van der Waals surface area (Å²) in [7, 11) is 1.65. The number of aromatic nitrogens is 4. The number of aryl methyl sites for hydroxylation is 1. The van der Waals surface area contributed by atoms with Gasteiger partial charge in [0.1, 0.15) is 27.4 Å². The quantitative estimate of drug-likeness (QED) is 0.514. The van der Waals surface area contributed by atoms with E-state index in [4.69, 9.17) is 10.3 Å². The van der Waals surface area contributed by atoms with E-state index in [0.29, 0.717) is 23.6 Å². The van der Waals surface area contributed by atoms with Crippen LogP contribution in [-0.2, 0) is 10.4 Å². The fourth-order valence-electron chi connectivity index (χ4n) is 3.59. The van der Waals surface area contributed by atoms with Crippen molar-refractivity contribution in [2.75, 3.05) is 19.3 Å². The molecule has 1 fully saturated rings. The van der Waals surface area contributed by atoms with Crippen LogP contribution in [0.5, 0.6) is 0 Å². The minimum atomic E-state index is -1.67. The van der Waals surface area contributed by atoms with E-state index in [9.17, 15) is 9.90 Å². The van der Waals surface area contributed by atoms with Crippen molar-refractivity contribution in [3.8, 4) is 21.8 Å². The monoisotopic (exact) mass is 422 g/mol. The number of aliphatic hydroxyl groups is 1. The van der Waals surface area contributed by atoms with E-state index in [0.717, 1.165) is 26.5 Å². The summed E-state index contributed by atoms with van der Waals surface area (Å²) in [5.41, 5.74) is 8.08. The molecule has 4 heterocycles. The largest absolute Gasteiger partial charge is 0.382 e. The van der Waals surface area contributed by atoms with Crippen LogP contribution in [0.4, 0.5) is 5.82 Å². The lowest BCUT2D eigenvalue weighted by atomic mass is 9.97. The molecule has 30 heavy (non-hydrogen) atoms. The summed E-state index contributed by atoms with van der Waals surface area (Å²) >= 11 is 1.43. The van der Waals surface area contributed by atoms with Crippen LogP contribution in [-0.4, -0.2) is 49.6 Å². The fourth-order valence-corrected chi connectivity index (χ4v) is 4.58. The highest BCUT2D eigenvalue weighted by molar-refractivity contribution is 7.21. The van der Waals surface area contributed by atoms with E-state index in [2.05, 4.69) is 20.1 Å². The maximum Gasteiger partial charge on any atom is 0.262 e. The van der Waals surface area contributed by atoms with Crippen LogP contribution in [0.15, 0.2) is 35.1 Å². The Morgan fingerprint density at radius 1 is 1.30 bits per heavy atom. The second-order valence-electron chi connectivity index (χ2n) is 7.37. The zero-order valence-electron chi connectivity index (χ0n) is 16.3. The molecule has 0 spiro atoms. The third kappa shape index (κ3) is 2.76. The number of likely N-dealkylation sites (tertiary alicyclic amines) is 1. The van der Waals surface area contributed by atoms with Crippen molar-refractivity contribution in [3.05, 3.63) is 41.9 Å². The molecule has 0 radical (unpaired) electrons. The minimum Gasteiger partial charge on any atom is -0.382 e. The van der Waals surface area contributed by atoms with Crippen LogP contribution in [0.3, 0.4) is 0 Å². The number of fused-ring (bicyclic) bond motifs is 1. The molecule has 1 atom stereocenters. The van der Waals surface area contributed by atoms with Crippen LogP contribution in [0.25, 0.3) is 32.2 Å². The molecule has 1 saturated heterocycles. The summed E-state index contributed by atoms with van der Waals surface area (Å²) in [6, 6.07) is 7.44. The zero-order valence-corrected chi connectivity index (χ0v) is 17.1. The number of hydrogen-bond donors (Lipinski definition) is 2. The number of anilines is 1. The average molecular weight is 422 g/mol. The standard InChI is InChI=1S/C20H18N6O3S/c1-10-3-4-11(7-12(10)17-24-15-16(21)22-9-23-18(15)30-17)13-8-14(29-25-13)20(28)5-6-26(2)19(20)27/h3-4,7-9,28H,5-6H2,1-2H3,(H2,21,22,23)/t20-/m0/s1. The van der Waals surface area contributed by atoms with Gasteiger partial charge < -0.3 is 20.3 Å². The second kappa shape index (κ2) is 6.57. The molecule has 4 aromatic rings. The Kier molecular flexibility index (Phi) is 4.09. The van der Waals surface area contributed by atoms with E-state index in [-0.39, 0.29) is 18.1 Å². The number of hydrogen-bond acceptors (Lipinski definition) is 9. The molecule has 0 aliphatic carbocycles. The lowest BCUT2D eigenvalue weighted by Crippen LogP contribution is -2.35. The first-order chi connectivity index (χ1) is 14.4. The molecular formula is C20H18N6O3S. The second-order valence-corrected chi connectivity index (χ2v) is 8.35. The first-order valence-corrected chi connectivity index (χ1v) is 10.1. The summed E-state index contributed by atoms with van der Waals surface area (Å²) in [5.74, 6) is 0.108. The van der Waals surface area contributed by atoms with Gasteiger partial charge in [0.15, 0.2) is 11.6 Å². The Hall–Kier alpha value is -3.37. The lowest BCUT2D eigenvalue weighted by molar-refractivity contribution is -0.144. The van der Waals surface area contributed by atoms with Gasteiger partial charge in [-0.05, 0) is 18.6 Å². The van der Waals surface area contributed by atoms with Gasteiger partial charge in [-0.2, -0.15) is 0 Å². The number of rotatable bonds is 3. The van der Waals surface area contributed by atoms with Gasteiger partial charge >= 0.3 is 0 Å². The van der Waals surface area contributed by atoms with Gasteiger partial charge in [-0.15, -0.1) is 0 Å². The summed E-state index contributed by atoms with van der Waals surface area (Å²) < 4.78 is 5.37. The van der Waals surface area contributed by atoms with Gasteiger partial charge in [-0.25, -0.2) is 15.0 Å². The predicted molar refractivity (Wildman–Crippen MR) is 111 cm³/mol. The molecule has 10 heteroatoms. The predicted octanol–water partition coefficient (Wildman–Crippen LogP) is 2.35. The zero-order chi connectivity index (χ0) is 21.0. The van der Waals surface area contributed by atoms with Crippen molar-refractivity contribution in [2.45, 2.75) is 18.9 Å². The molecule has 1 aliphatic rings. The number of thiazole rings is 1. The SMILES string of the molecule is Cc1ccc(-c2cc([C@@]3(O)CCN(C)C3=O)on2)cc1-c1nc2c(N)ncnc2s1. The number of nitrogens with zero attached hydrogens (tertiary/aromatic N) is 5. The van der Waals surface area contributed by atoms with Gasteiger partial charge in [0.25, 0.3) is 5.91 Å². The lowest BCUT2D eigenvalue weighted by Gasteiger charge is -2.16. The maximum atomic E-state index is 12.3. The van der Waals surface area contributed by atoms with Crippen LogP contribution < -0.4 is 5.73 Å². The molecule has 0 unspecified atom stereocenters. The summed E-state index contributed by atoms with van der Waals surface area (Å²) in [6.07, 6.45) is 1.69. The summed E-state index contributed by atoms with van der Waals surface area (Å²) in [5, 5.41) is 15.6. The van der Waals surface area contributed by atoms with Crippen LogP contribution in [0, 0.1) is 6.92 Å². The van der Waals surface area contributed by atoms with Gasteiger partial charge in [0.05, 0.1) is 0 Å². The maximum absolute atomic E-state index is 12.3. The molecule has 0 saturated carbocycles. The number of benzene rings is 1. The molecule has 5 rings (SSSR count). The van der Waals surface area contributed by atoms with Crippen molar-refractivity contribution in [1.82, 2.24) is 25.0 Å². The van der Waals surface area contributed by atoms with Crippen molar-refractivity contribution < 1.29 is 14.4 Å². The highest BCUT2D eigenvalue weighted by Crippen LogP contribution is 2.37. The molecule has 3 aromatic heterocycles. The van der Waals surface area contributed by atoms with Gasteiger partial charge in [0, 0.05) is 37.2 Å². The Morgan fingerprint density at radius 3 is 2.87 bits per heavy atom. The van der Waals surface area contributed by atoms with Crippen molar-refractivity contribution in [2.24, 2.45) is 0 Å². The number of carbonyl (C=O) groups is 1. The number of likely N-dealkylation sites (N-methyl/N-ethyl adjacent to an activating group) is 1.